The van der Waals surface area contributed by atoms with Crippen LogP contribution in [0, 0.1) is 11.6 Å². The number of Topliss-reactive ketones (excluding diaryl/α,β-unsaturated/α-hetero) is 1. The second kappa shape index (κ2) is 6.83. The minimum Gasteiger partial charge on any atom is -0.459 e. The maximum atomic E-state index is 13.3. The number of halogens is 2. The molecule has 0 fully saturated rings. The monoisotopic (exact) mass is 302 g/mol. The van der Waals surface area contributed by atoms with Crippen molar-refractivity contribution in [3.8, 4) is 0 Å². The molecule has 0 heterocycles. The molecule has 0 saturated heterocycles. The lowest BCUT2D eigenvalue weighted by Gasteiger charge is -2.19. The Hall–Kier alpha value is -1.43. The van der Waals surface area contributed by atoms with Gasteiger partial charge in [0.2, 0.25) is 0 Å². The zero-order chi connectivity index (χ0) is 15.3. The minimum atomic E-state index is -0.769. The van der Waals surface area contributed by atoms with Crippen molar-refractivity contribution >= 4 is 23.5 Å². The van der Waals surface area contributed by atoms with Crippen LogP contribution in [0.1, 0.15) is 31.1 Å². The number of benzene rings is 1. The van der Waals surface area contributed by atoms with Crippen molar-refractivity contribution in [3.05, 3.63) is 35.4 Å². The normalized spacial score (nSPS) is 11.2. The van der Waals surface area contributed by atoms with Crippen LogP contribution >= 0.6 is 11.8 Å². The molecule has 3 nitrogen and oxygen atoms in total. The third-order valence-electron chi connectivity index (χ3n) is 2.10. The summed E-state index contributed by atoms with van der Waals surface area (Å²) in [6.07, 6.45) is 0. The van der Waals surface area contributed by atoms with E-state index >= 15 is 0 Å². The van der Waals surface area contributed by atoms with Crippen LogP contribution in [0.3, 0.4) is 0 Å². The number of thioether (sulfide) groups is 1. The first-order valence-electron chi connectivity index (χ1n) is 5.97. The van der Waals surface area contributed by atoms with Gasteiger partial charge < -0.3 is 4.74 Å². The molecule has 0 atom stereocenters. The molecule has 0 aliphatic rings. The molecule has 1 aromatic carbocycles. The molecule has 0 spiro atoms. The molecule has 0 N–H and O–H groups in total. The SMILES string of the molecule is CC(C)(C)OC(=O)CSCC(=O)c1cc(F)ccc1F. The van der Waals surface area contributed by atoms with Gasteiger partial charge in [-0.2, -0.15) is 0 Å². The van der Waals surface area contributed by atoms with Gasteiger partial charge in [-0.1, -0.05) is 0 Å². The van der Waals surface area contributed by atoms with Crippen LogP contribution in [0.4, 0.5) is 8.78 Å². The van der Waals surface area contributed by atoms with Gasteiger partial charge >= 0.3 is 5.97 Å². The predicted molar refractivity (Wildman–Crippen MR) is 73.9 cm³/mol. The van der Waals surface area contributed by atoms with Gasteiger partial charge in [0, 0.05) is 0 Å². The van der Waals surface area contributed by atoms with E-state index in [9.17, 15) is 18.4 Å². The Morgan fingerprint density at radius 1 is 1.20 bits per heavy atom. The lowest BCUT2D eigenvalue weighted by atomic mass is 10.1. The van der Waals surface area contributed by atoms with E-state index in [1.807, 2.05) is 0 Å². The van der Waals surface area contributed by atoms with Crippen LogP contribution in [0.5, 0.6) is 0 Å². The van der Waals surface area contributed by atoms with Gasteiger partial charge in [0.1, 0.15) is 17.2 Å². The highest BCUT2D eigenvalue weighted by molar-refractivity contribution is 8.00. The molecule has 20 heavy (non-hydrogen) atoms. The van der Waals surface area contributed by atoms with Gasteiger partial charge in [-0.15, -0.1) is 11.8 Å². The van der Waals surface area contributed by atoms with Crippen molar-refractivity contribution in [3.63, 3.8) is 0 Å². The smallest absolute Gasteiger partial charge is 0.316 e. The minimum absolute atomic E-state index is 0.0139. The molecule has 0 aliphatic carbocycles. The molecule has 110 valence electrons. The Balaban J connectivity index is 2.48. The third-order valence-corrected chi connectivity index (χ3v) is 3.01. The second-order valence-electron chi connectivity index (χ2n) is 5.13. The quantitative estimate of drug-likeness (QED) is 0.619. The van der Waals surface area contributed by atoms with Crippen LogP contribution < -0.4 is 0 Å². The molecule has 0 bridgehead atoms. The van der Waals surface area contributed by atoms with Gasteiger partial charge in [-0.3, -0.25) is 9.59 Å². The zero-order valence-electron chi connectivity index (χ0n) is 11.5. The number of carbonyl (C=O) groups is 2. The summed E-state index contributed by atoms with van der Waals surface area (Å²) in [6, 6.07) is 2.70. The fraction of sp³-hybridized carbons (Fsp3) is 0.429. The standard InChI is InChI=1S/C14H16F2O3S/c1-14(2,3)19-13(18)8-20-7-12(17)10-6-9(15)4-5-11(10)16/h4-6H,7-8H2,1-3H3. The summed E-state index contributed by atoms with van der Waals surface area (Å²) in [5.74, 6) is -2.58. The fourth-order valence-electron chi connectivity index (χ4n) is 1.39. The zero-order valence-corrected chi connectivity index (χ0v) is 12.4. The first-order valence-corrected chi connectivity index (χ1v) is 7.12. The summed E-state index contributed by atoms with van der Waals surface area (Å²) < 4.78 is 31.3. The Bertz CT molecular complexity index is 510. The maximum absolute atomic E-state index is 13.3. The van der Waals surface area contributed by atoms with E-state index in [1.54, 1.807) is 20.8 Å². The highest BCUT2D eigenvalue weighted by atomic mass is 32.2. The lowest BCUT2D eigenvalue weighted by molar-refractivity contribution is -0.151. The third kappa shape index (κ3) is 5.69. The second-order valence-corrected chi connectivity index (χ2v) is 6.11. The van der Waals surface area contributed by atoms with Crippen molar-refractivity contribution in [2.45, 2.75) is 26.4 Å². The number of carbonyl (C=O) groups excluding carboxylic acids is 2. The summed E-state index contributed by atoms with van der Waals surface area (Å²) in [4.78, 5) is 23.1. The van der Waals surface area contributed by atoms with E-state index in [0.29, 0.717) is 0 Å². The summed E-state index contributed by atoms with van der Waals surface area (Å²) in [5, 5.41) is 0. The molecule has 0 aromatic heterocycles. The van der Waals surface area contributed by atoms with Crippen LogP contribution in [0.25, 0.3) is 0 Å². The summed E-state index contributed by atoms with van der Waals surface area (Å²) in [7, 11) is 0. The Morgan fingerprint density at radius 2 is 1.85 bits per heavy atom. The van der Waals surface area contributed by atoms with Crippen molar-refractivity contribution in [2.75, 3.05) is 11.5 Å². The van der Waals surface area contributed by atoms with Gasteiger partial charge in [0.05, 0.1) is 17.1 Å². The van der Waals surface area contributed by atoms with Gasteiger partial charge in [-0.05, 0) is 39.0 Å². The average molecular weight is 302 g/mol. The predicted octanol–water partition coefficient (Wildman–Crippen LogP) is 3.22. The van der Waals surface area contributed by atoms with Gasteiger partial charge in [0.25, 0.3) is 0 Å². The van der Waals surface area contributed by atoms with Gasteiger partial charge in [0.15, 0.2) is 5.78 Å². The number of hydrogen-bond donors (Lipinski definition) is 0. The molecule has 0 aliphatic heterocycles. The Morgan fingerprint density at radius 3 is 2.45 bits per heavy atom. The molecule has 1 rings (SSSR count). The van der Waals surface area contributed by atoms with Crippen LogP contribution in [-0.2, 0) is 9.53 Å². The molecular formula is C14H16F2O3S. The number of hydrogen-bond acceptors (Lipinski definition) is 4. The number of rotatable bonds is 5. The lowest BCUT2D eigenvalue weighted by Crippen LogP contribution is -2.25. The van der Waals surface area contributed by atoms with Crippen LogP contribution in [-0.4, -0.2) is 28.9 Å². The molecule has 1 aromatic rings. The molecule has 0 saturated carbocycles. The van der Waals surface area contributed by atoms with E-state index in [2.05, 4.69) is 0 Å². The first-order chi connectivity index (χ1) is 9.19. The molecule has 0 amide bonds. The summed E-state index contributed by atoms with van der Waals surface area (Å²) >= 11 is 1.01. The average Bonchev–Trinajstić information content (AvgIpc) is 2.29. The van der Waals surface area contributed by atoms with Crippen molar-refractivity contribution in [2.24, 2.45) is 0 Å². The topological polar surface area (TPSA) is 43.4 Å². The fourth-order valence-corrected chi connectivity index (χ4v) is 2.06. The van der Waals surface area contributed by atoms with Crippen molar-refractivity contribution in [1.82, 2.24) is 0 Å². The molecular weight excluding hydrogens is 286 g/mol. The summed E-state index contributed by atoms with van der Waals surface area (Å²) in [6.45, 7) is 5.22. The van der Waals surface area contributed by atoms with Crippen LogP contribution in [0.15, 0.2) is 18.2 Å². The molecule has 0 unspecified atom stereocenters. The van der Waals surface area contributed by atoms with E-state index < -0.39 is 29.0 Å². The number of ketones is 1. The van der Waals surface area contributed by atoms with Crippen molar-refractivity contribution in [1.29, 1.82) is 0 Å². The number of ether oxygens (including phenoxy) is 1. The van der Waals surface area contributed by atoms with E-state index in [-0.39, 0.29) is 17.1 Å². The largest absolute Gasteiger partial charge is 0.459 e. The molecule has 6 heteroatoms. The van der Waals surface area contributed by atoms with E-state index in [4.69, 9.17) is 4.74 Å². The number of esters is 1. The highest BCUT2D eigenvalue weighted by Crippen LogP contribution is 2.14. The Labute approximate surface area is 120 Å². The summed E-state index contributed by atoms with van der Waals surface area (Å²) in [5.41, 5.74) is -0.891. The van der Waals surface area contributed by atoms with Gasteiger partial charge in [-0.25, -0.2) is 8.78 Å². The van der Waals surface area contributed by atoms with E-state index in [1.165, 1.54) is 0 Å². The Kier molecular flexibility index (Phi) is 5.68. The van der Waals surface area contributed by atoms with Crippen LogP contribution in [0.2, 0.25) is 0 Å². The first kappa shape index (κ1) is 16.6. The highest BCUT2D eigenvalue weighted by Gasteiger charge is 2.17. The molecule has 0 radical (unpaired) electrons. The van der Waals surface area contributed by atoms with Crippen molar-refractivity contribution < 1.29 is 23.1 Å². The maximum Gasteiger partial charge on any atom is 0.316 e. The van der Waals surface area contributed by atoms with E-state index in [0.717, 1.165) is 30.0 Å².